The van der Waals surface area contributed by atoms with Gasteiger partial charge in [0.05, 0.1) is 12.1 Å². The van der Waals surface area contributed by atoms with E-state index in [1.807, 2.05) is 71.1 Å². The van der Waals surface area contributed by atoms with Crippen molar-refractivity contribution in [2.45, 2.75) is 103 Å². The Hall–Kier alpha value is -4.09. The fourth-order valence-corrected chi connectivity index (χ4v) is 8.29. The molecule has 1 aromatic heterocycles. The highest BCUT2D eigenvalue weighted by Crippen LogP contribution is 2.36. The smallest absolute Gasteiger partial charge is 0.247 e. The Balaban J connectivity index is 1.35. The fraction of sp³-hybridized carbons (Fsp3) is 0.474. The molecular formula is C38H49N5O5S. The van der Waals surface area contributed by atoms with Crippen LogP contribution in [-0.4, -0.2) is 58.6 Å². The van der Waals surface area contributed by atoms with E-state index in [1.165, 1.54) is 4.31 Å². The Kier molecular flexibility index (Phi) is 11.5. The molecule has 2 atom stereocenters. The molecule has 262 valence electrons. The Morgan fingerprint density at radius 2 is 1.82 bits per heavy atom. The molecule has 11 heteroatoms. The second kappa shape index (κ2) is 15.6. The monoisotopic (exact) mass is 687 g/mol. The minimum absolute atomic E-state index is 0.0696. The van der Waals surface area contributed by atoms with Crippen molar-refractivity contribution in [2.75, 3.05) is 13.1 Å². The number of nitrogens with one attached hydrogen (secondary N) is 1. The number of sulfonamides is 1. The second-order valence-corrected chi connectivity index (χ2v) is 15.3. The number of nitrogens with zero attached hydrogens (tertiary/aromatic N) is 4. The van der Waals surface area contributed by atoms with E-state index in [-0.39, 0.29) is 41.7 Å². The Labute approximate surface area is 290 Å². The molecule has 0 bridgehead atoms. The normalized spacial score (nSPS) is 16.5. The third-order valence-electron chi connectivity index (χ3n) is 9.52. The highest BCUT2D eigenvalue weighted by molar-refractivity contribution is 7.89. The summed E-state index contributed by atoms with van der Waals surface area (Å²) in [6.07, 6.45) is 5.28. The van der Waals surface area contributed by atoms with Gasteiger partial charge in [0.15, 0.2) is 0 Å². The van der Waals surface area contributed by atoms with E-state index in [0.29, 0.717) is 25.1 Å². The lowest BCUT2D eigenvalue weighted by molar-refractivity contribution is -0.120. The number of hydrogen-bond acceptors (Lipinski definition) is 7. The van der Waals surface area contributed by atoms with E-state index < -0.39 is 10.0 Å². The highest BCUT2D eigenvalue weighted by atomic mass is 32.2. The van der Waals surface area contributed by atoms with Gasteiger partial charge in [-0.25, -0.2) is 13.1 Å². The SMILES string of the molecule is CCC(=O)NCCCCCCc1ccc2c(c1)O[C@H](C)CN(Cc1cc([C@H](CC(C)=O)c3ccc4c(nnn4C)c3C)ccc1C)S2(=O)=O. The van der Waals surface area contributed by atoms with Crippen molar-refractivity contribution in [2.24, 2.45) is 7.05 Å². The van der Waals surface area contributed by atoms with Crippen molar-refractivity contribution < 1.29 is 22.7 Å². The summed E-state index contributed by atoms with van der Waals surface area (Å²) in [5.74, 6) is 0.335. The van der Waals surface area contributed by atoms with Crippen LogP contribution in [0.15, 0.2) is 53.4 Å². The summed E-state index contributed by atoms with van der Waals surface area (Å²) in [6, 6.07) is 15.6. The molecule has 0 aliphatic carbocycles. The molecule has 0 fully saturated rings. The second-order valence-electron chi connectivity index (χ2n) is 13.4. The lowest BCUT2D eigenvalue weighted by Crippen LogP contribution is -2.35. The van der Waals surface area contributed by atoms with E-state index in [0.717, 1.165) is 76.5 Å². The van der Waals surface area contributed by atoms with Crippen LogP contribution in [0.3, 0.4) is 0 Å². The molecule has 1 aliphatic heterocycles. The molecule has 2 heterocycles. The molecule has 0 spiro atoms. The quantitative estimate of drug-likeness (QED) is 0.155. The molecule has 10 nitrogen and oxygen atoms in total. The van der Waals surface area contributed by atoms with Gasteiger partial charge in [0.25, 0.3) is 0 Å². The number of Topliss-reactive ketones (excluding diaryl/α,β-unsaturated/α-hetero) is 1. The van der Waals surface area contributed by atoms with Crippen LogP contribution in [0, 0.1) is 13.8 Å². The van der Waals surface area contributed by atoms with Gasteiger partial charge in [-0.3, -0.25) is 9.59 Å². The van der Waals surface area contributed by atoms with Gasteiger partial charge in [-0.15, -0.1) is 5.10 Å². The van der Waals surface area contributed by atoms with Crippen LogP contribution in [0.25, 0.3) is 11.0 Å². The van der Waals surface area contributed by atoms with Crippen molar-refractivity contribution in [3.8, 4) is 5.75 Å². The summed E-state index contributed by atoms with van der Waals surface area (Å²) in [7, 11) is -2.00. The molecule has 5 rings (SSSR count). The number of ether oxygens (including phenoxy) is 1. The molecule has 49 heavy (non-hydrogen) atoms. The average Bonchev–Trinajstić information content (AvgIpc) is 3.41. The summed E-state index contributed by atoms with van der Waals surface area (Å²) >= 11 is 0. The molecule has 0 saturated heterocycles. The van der Waals surface area contributed by atoms with Crippen molar-refractivity contribution in [1.29, 1.82) is 0 Å². The fourth-order valence-electron chi connectivity index (χ4n) is 6.69. The van der Waals surface area contributed by atoms with Gasteiger partial charge >= 0.3 is 0 Å². The number of unbranched alkanes of at least 4 members (excludes halogenated alkanes) is 3. The number of amides is 1. The third-order valence-corrected chi connectivity index (χ3v) is 11.4. The van der Waals surface area contributed by atoms with Gasteiger partial charge in [-0.1, -0.05) is 55.3 Å². The molecule has 3 aromatic carbocycles. The molecule has 0 saturated carbocycles. The van der Waals surface area contributed by atoms with E-state index >= 15 is 0 Å². The molecule has 0 radical (unpaired) electrons. The Morgan fingerprint density at radius 1 is 1.04 bits per heavy atom. The van der Waals surface area contributed by atoms with Crippen molar-refractivity contribution in [1.82, 2.24) is 24.6 Å². The number of carbonyl (C=O) groups is 2. The molecular weight excluding hydrogens is 639 g/mol. The van der Waals surface area contributed by atoms with Gasteiger partial charge in [0.1, 0.15) is 28.0 Å². The van der Waals surface area contributed by atoms with Crippen LogP contribution in [0.5, 0.6) is 5.75 Å². The van der Waals surface area contributed by atoms with Crippen LogP contribution < -0.4 is 10.1 Å². The van der Waals surface area contributed by atoms with Gasteiger partial charge in [-0.2, -0.15) is 4.31 Å². The van der Waals surface area contributed by atoms with Crippen LogP contribution in [-0.2, 0) is 39.6 Å². The number of rotatable bonds is 14. The molecule has 1 amide bonds. The van der Waals surface area contributed by atoms with E-state index in [1.54, 1.807) is 17.7 Å². The maximum Gasteiger partial charge on any atom is 0.247 e. The first-order valence-electron chi connectivity index (χ1n) is 17.3. The van der Waals surface area contributed by atoms with Crippen molar-refractivity contribution >= 4 is 32.7 Å². The zero-order valence-electron chi connectivity index (χ0n) is 29.6. The van der Waals surface area contributed by atoms with E-state index in [4.69, 9.17) is 4.74 Å². The maximum atomic E-state index is 14.1. The zero-order valence-corrected chi connectivity index (χ0v) is 30.4. The Bertz CT molecular complexity index is 1940. The van der Waals surface area contributed by atoms with Crippen LogP contribution >= 0.6 is 0 Å². The predicted octanol–water partition coefficient (Wildman–Crippen LogP) is 6.30. The first-order chi connectivity index (χ1) is 23.4. The number of benzene rings is 3. The minimum Gasteiger partial charge on any atom is -0.488 e. The first-order valence-corrected chi connectivity index (χ1v) is 18.8. The standard InChI is InChI=1S/C38H49N5O5S/c1-7-37(45)39-19-11-9-8-10-12-29-14-18-36-35(21-29)48-27(4)23-43(49(36,46)47)24-31-22-30(15-13-25(31)2)33(20-26(3)44)32-16-17-34-38(28(32)5)40-41-42(34)6/h13-18,21-22,27,33H,7-12,19-20,23-24H2,1-6H3,(H,39,45)/t27-,33+/m1/s1. The summed E-state index contributed by atoms with van der Waals surface area (Å²) in [5.41, 5.74) is 7.58. The number of hydrogen-bond donors (Lipinski definition) is 1. The largest absolute Gasteiger partial charge is 0.488 e. The topological polar surface area (TPSA) is 123 Å². The number of aromatic nitrogens is 3. The zero-order chi connectivity index (χ0) is 35.3. The van der Waals surface area contributed by atoms with Gasteiger partial charge in [0, 0.05) is 38.9 Å². The Morgan fingerprint density at radius 3 is 2.57 bits per heavy atom. The van der Waals surface area contributed by atoms with Gasteiger partial charge in [0.2, 0.25) is 15.9 Å². The molecule has 1 N–H and O–H groups in total. The summed E-state index contributed by atoms with van der Waals surface area (Å²) < 4.78 is 37.8. The molecule has 1 aliphatic rings. The summed E-state index contributed by atoms with van der Waals surface area (Å²) in [4.78, 5) is 24.1. The van der Waals surface area contributed by atoms with Crippen LogP contribution in [0.1, 0.15) is 98.6 Å². The lowest BCUT2D eigenvalue weighted by Gasteiger charge is -2.24. The highest BCUT2D eigenvalue weighted by Gasteiger charge is 2.34. The van der Waals surface area contributed by atoms with Gasteiger partial charge in [-0.05, 0) is 98.5 Å². The minimum atomic E-state index is -3.86. The lowest BCUT2D eigenvalue weighted by atomic mass is 9.83. The number of carbonyl (C=O) groups excluding carboxylic acids is 2. The van der Waals surface area contributed by atoms with Crippen molar-refractivity contribution in [3.05, 3.63) is 81.9 Å². The number of fused-ring (bicyclic) bond motifs is 2. The van der Waals surface area contributed by atoms with Crippen LogP contribution in [0.4, 0.5) is 0 Å². The average molecular weight is 688 g/mol. The van der Waals surface area contributed by atoms with E-state index in [2.05, 4.69) is 21.7 Å². The van der Waals surface area contributed by atoms with Crippen molar-refractivity contribution in [3.63, 3.8) is 0 Å². The number of aryl methyl sites for hydroxylation is 4. The maximum absolute atomic E-state index is 14.1. The molecule has 4 aromatic rings. The molecule has 0 unspecified atom stereocenters. The first kappa shape index (κ1) is 36.2. The predicted molar refractivity (Wildman–Crippen MR) is 191 cm³/mol. The van der Waals surface area contributed by atoms with E-state index in [9.17, 15) is 18.0 Å². The van der Waals surface area contributed by atoms with Crippen LogP contribution in [0.2, 0.25) is 0 Å². The van der Waals surface area contributed by atoms with Gasteiger partial charge < -0.3 is 10.1 Å². The summed E-state index contributed by atoms with van der Waals surface area (Å²) in [5, 5.41) is 11.5. The number of ketones is 1. The third kappa shape index (κ3) is 8.38. The summed E-state index contributed by atoms with van der Waals surface area (Å²) in [6.45, 7) is 10.5.